The number of fused-ring (bicyclic) bond motifs is 2. The van der Waals surface area contributed by atoms with Crippen LogP contribution in [0.2, 0.25) is 0 Å². The first kappa shape index (κ1) is 26.8. The van der Waals surface area contributed by atoms with Crippen LogP contribution in [-0.4, -0.2) is 79.1 Å². The highest BCUT2D eigenvalue weighted by atomic mass is 16.5. The zero-order chi connectivity index (χ0) is 28.0. The number of rotatable bonds is 7. The highest BCUT2D eigenvalue weighted by Gasteiger charge is 2.42. The SMILES string of the molecule is CCC1C(=O)N(C)c2cnc(Nc3ccc(C(=O)NC4CC5CN(C)CC5C4)cc3OC)nc2N1C1CCCC1. The number of anilines is 4. The van der Waals surface area contributed by atoms with E-state index in [9.17, 15) is 9.59 Å². The fraction of sp³-hybridized carbons (Fsp3) is 0.600. The van der Waals surface area contributed by atoms with Gasteiger partial charge in [0.05, 0.1) is 19.0 Å². The standard InChI is InChI=1S/C30H41N7O3/c1-5-24-29(39)36(3)25-15-31-30(34-27(25)37(24)22-8-6-7-9-22)33-23-11-10-18(14-26(23)40-4)28(38)32-21-12-19-16-35(2)17-20(19)13-21/h10-11,14-15,19-22,24H,5-9,12-13,16-17H2,1-4H3,(H,32,38)(H,31,33,34). The molecule has 214 valence electrons. The topological polar surface area (TPSA) is 103 Å². The lowest BCUT2D eigenvalue weighted by Crippen LogP contribution is -2.55. The van der Waals surface area contributed by atoms with Crippen LogP contribution in [0, 0.1) is 11.8 Å². The van der Waals surface area contributed by atoms with E-state index in [4.69, 9.17) is 9.72 Å². The number of likely N-dealkylation sites (N-methyl/N-ethyl adjacent to an activating group) is 1. The number of nitrogens with one attached hydrogen (secondary N) is 2. The number of nitrogens with zero attached hydrogens (tertiary/aromatic N) is 5. The van der Waals surface area contributed by atoms with Crippen molar-refractivity contribution < 1.29 is 14.3 Å². The molecule has 3 fully saturated rings. The van der Waals surface area contributed by atoms with Gasteiger partial charge in [0.1, 0.15) is 17.5 Å². The molecular formula is C30H41N7O3. The van der Waals surface area contributed by atoms with Crippen LogP contribution < -0.4 is 25.2 Å². The third-order valence-corrected chi connectivity index (χ3v) is 9.39. The summed E-state index contributed by atoms with van der Waals surface area (Å²) in [7, 11) is 5.57. The van der Waals surface area contributed by atoms with E-state index in [0.717, 1.165) is 56.7 Å². The van der Waals surface area contributed by atoms with Gasteiger partial charge < -0.3 is 30.1 Å². The van der Waals surface area contributed by atoms with E-state index in [0.29, 0.717) is 40.8 Å². The molecule has 0 radical (unpaired) electrons. The maximum atomic E-state index is 13.2. The number of carbonyl (C=O) groups is 2. The summed E-state index contributed by atoms with van der Waals surface area (Å²) in [6.07, 6.45) is 9.01. The van der Waals surface area contributed by atoms with Gasteiger partial charge in [0.25, 0.3) is 5.91 Å². The van der Waals surface area contributed by atoms with Crippen LogP contribution in [0.1, 0.15) is 62.2 Å². The summed E-state index contributed by atoms with van der Waals surface area (Å²) in [5.41, 5.74) is 1.98. The molecule has 2 amide bonds. The molecule has 3 unspecified atom stereocenters. The maximum Gasteiger partial charge on any atom is 0.251 e. The summed E-state index contributed by atoms with van der Waals surface area (Å²) in [5.74, 6) is 3.16. The fourth-order valence-corrected chi connectivity index (χ4v) is 7.42. The predicted molar refractivity (Wildman–Crippen MR) is 155 cm³/mol. The molecule has 40 heavy (non-hydrogen) atoms. The molecule has 0 bridgehead atoms. The van der Waals surface area contributed by atoms with Crippen molar-refractivity contribution >= 4 is 35.0 Å². The lowest BCUT2D eigenvalue weighted by Gasteiger charge is -2.43. The second-order valence-corrected chi connectivity index (χ2v) is 12.0. The minimum absolute atomic E-state index is 0.0706. The first-order valence-electron chi connectivity index (χ1n) is 14.7. The Balaban J connectivity index is 1.20. The largest absolute Gasteiger partial charge is 0.495 e. The van der Waals surface area contributed by atoms with Crippen molar-refractivity contribution in [2.45, 2.75) is 70.0 Å². The van der Waals surface area contributed by atoms with E-state index in [-0.39, 0.29) is 23.9 Å². The molecule has 2 aliphatic heterocycles. The summed E-state index contributed by atoms with van der Waals surface area (Å²) >= 11 is 0. The number of benzene rings is 1. The van der Waals surface area contributed by atoms with Gasteiger partial charge in [-0.3, -0.25) is 9.59 Å². The van der Waals surface area contributed by atoms with Crippen LogP contribution in [0.25, 0.3) is 0 Å². The van der Waals surface area contributed by atoms with Gasteiger partial charge in [-0.2, -0.15) is 4.98 Å². The van der Waals surface area contributed by atoms with Crippen molar-refractivity contribution in [1.82, 2.24) is 20.2 Å². The summed E-state index contributed by atoms with van der Waals surface area (Å²) in [6.45, 7) is 4.31. The van der Waals surface area contributed by atoms with Crippen molar-refractivity contribution in [2.75, 3.05) is 49.4 Å². The number of hydrogen-bond donors (Lipinski definition) is 2. The second-order valence-electron chi connectivity index (χ2n) is 12.0. The van der Waals surface area contributed by atoms with Gasteiger partial charge in [-0.05, 0) is 69.2 Å². The van der Waals surface area contributed by atoms with Gasteiger partial charge >= 0.3 is 0 Å². The van der Waals surface area contributed by atoms with E-state index in [2.05, 4.69) is 39.4 Å². The Morgan fingerprint density at radius 2 is 1.85 bits per heavy atom. The minimum atomic E-state index is -0.226. The highest BCUT2D eigenvalue weighted by Crippen LogP contribution is 2.41. The van der Waals surface area contributed by atoms with Gasteiger partial charge in [-0.15, -0.1) is 0 Å². The third kappa shape index (κ3) is 4.87. The molecule has 3 atom stereocenters. The van der Waals surface area contributed by atoms with Crippen LogP contribution in [0.5, 0.6) is 5.75 Å². The highest BCUT2D eigenvalue weighted by molar-refractivity contribution is 6.04. The Kier molecular flexibility index (Phi) is 7.29. The van der Waals surface area contributed by atoms with Gasteiger partial charge in [0.2, 0.25) is 11.9 Å². The van der Waals surface area contributed by atoms with Gasteiger partial charge in [0.15, 0.2) is 5.82 Å². The maximum absolute atomic E-state index is 13.2. The molecular weight excluding hydrogens is 506 g/mol. The first-order valence-corrected chi connectivity index (χ1v) is 14.7. The molecule has 2 aromatic rings. The quantitative estimate of drug-likeness (QED) is 0.540. The normalized spacial score (nSPS) is 26.6. The van der Waals surface area contributed by atoms with Crippen molar-refractivity contribution in [3.63, 3.8) is 0 Å². The number of carbonyl (C=O) groups excluding carboxylic acids is 2. The average Bonchev–Trinajstić information content (AvgIpc) is 3.68. The summed E-state index contributed by atoms with van der Waals surface area (Å²) in [5, 5.41) is 6.55. The third-order valence-electron chi connectivity index (χ3n) is 9.39. The monoisotopic (exact) mass is 547 g/mol. The Bertz CT molecular complexity index is 1270. The molecule has 2 saturated carbocycles. The number of aromatic nitrogens is 2. The Hall–Kier alpha value is -3.40. The Labute approximate surface area is 236 Å². The second kappa shape index (κ2) is 10.9. The summed E-state index contributed by atoms with van der Waals surface area (Å²) < 4.78 is 5.66. The summed E-state index contributed by atoms with van der Waals surface area (Å²) in [6, 6.07) is 5.72. The zero-order valence-electron chi connectivity index (χ0n) is 24.0. The molecule has 2 N–H and O–H groups in total. The minimum Gasteiger partial charge on any atom is -0.495 e. The molecule has 2 aliphatic carbocycles. The number of amides is 2. The first-order chi connectivity index (χ1) is 19.4. The molecule has 1 saturated heterocycles. The molecule has 0 spiro atoms. The van der Waals surface area contributed by atoms with E-state index in [1.165, 1.54) is 12.8 Å². The Morgan fingerprint density at radius 1 is 1.12 bits per heavy atom. The van der Waals surface area contributed by atoms with Crippen molar-refractivity contribution in [1.29, 1.82) is 0 Å². The van der Waals surface area contributed by atoms with Crippen molar-refractivity contribution in [2.24, 2.45) is 11.8 Å². The number of hydrogen-bond acceptors (Lipinski definition) is 8. The van der Waals surface area contributed by atoms with Crippen LogP contribution in [-0.2, 0) is 4.79 Å². The van der Waals surface area contributed by atoms with Gasteiger partial charge in [-0.1, -0.05) is 19.8 Å². The number of ether oxygens (including phenoxy) is 1. The smallest absolute Gasteiger partial charge is 0.251 e. The Morgan fingerprint density at radius 3 is 2.52 bits per heavy atom. The molecule has 3 heterocycles. The number of methoxy groups -OCH3 is 1. The summed E-state index contributed by atoms with van der Waals surface area (Å²) in [4.78, 5) is 42.0. The van der Waals surface area contributed by atoms with Crippen LogP contribution in [0.15, 0.2) is 24.4 Å². The van der Waals surface area contributed by atoms with E-state index >= 15 is 0 Å². The lowest BCUT2D eigenvalue weighted by atomic mass is 10.0. The number of likely N-dealkylation sites (tertiary alicyclic amines) is 1. The van der Waals surface area contributed by atoms with Gasteiger partial charge in [0, 0.05) is 37.8 Å². The zero-order valence-corrected chi connectivity index (χ0v) is 24.0. The lowest BCUT2D eigenvalue weighted by molar-refractivity contribution is -0.120. The van der Waals surface area contributed by atoms with E-state index in [1.807, 2.05) is 12.1 Å². The molecule has 10 nitrogen and oxygen atoms in total. The molecule has 6 rings (SSSR count). The van der Waals surface area contributed by atoms with E-state index < -0.39 is 0 Å². The van der Waals surface area contributed by atoms with E-state index in [1.54, 1.807) is 31.3 Å². The average molecular weight is 548 g/mol. The van der Waals surface area contributed by atoms with Crippen LogP contribution in [0.3, 0.4) is 0 Å². The molecule has 1 aromatic carbocycles. The molecule has 4 aliphatic rings. The van der Waals surface area contributed by atoms with Crippen molar-refractivity contribution in [3.8, 4) is 5.75 Å². The fourth-order valence-electron chi connectivity index (χ4n) is 7.42. The van der Waals surface area contributed by atoms with Gasteiger partial charge in [-0.25, -0.2) is 4.98 Å². The van der Waals surface area contributed by atoms with Crippen LogP contribution in [0.4, 0.5) is 23.1 Å². The van der Waals surface area contributed by atoms with Crippen LogP contribution >= 0.6 is 0 Å². The molecule has 1 aromatic heterocycles. The van der Waals surface area contributed by atoms with Crippen molar-refractivity contribution in [3.05, 3.63) is 30.0 Å². The predicted octanol–water partition coefficient (Wildman–Crippen LogP) is 3.80. The molecule has 10 heteroatoms.